The molecule has 3 rings (SSSR count). The standard InChI is InChI=1S/C21H19ClN2O2/c1-13-10-16(21(25)26)8-9-20(13)24-14(2)11-17(15(24)3)12-23-19-7-5-4-6-18(19)22/h4-12H,1-3H3,(H,25,26). The quantitative estimate of drug-likeness (QED) is 0.619. The van der Waals surface area contributed by atoms with E-state index in [1.807, 2.05) is 51.1 Å². The van der Waals surface area contributed by atoms with Gasteiger partial charge in [-0.05, 0) is 62.7 Å². The SMILES string of the molecule is Cc1cc(C(=O)O)ccc1-n1c(C)cc(C=Nc2ccccc2Cl)c1C. The zero-order valence-electron chi connectivity index (χ0n) is 14.8. The maximum Gasteiger partial charge on any atom is 0.335 e. The molecule has 1 N–H and O–H groups in total. The zero-order chi connectivity index (χ0) is 18.8. The van der Waals surface area contributed by atoms with Crippen LogP contribution in [0, 0.1) is 20.8 Å². The summed E-state index contributed by atoms with van der Waals surface area (Å²) in [5.41, 5.74) is 5.95. The van der Waals surface area contributed by atoms with Gasteiger partial charge in [-0.15, -0.1) is 0 Å². The first-order valence-corrected chi connectivity index (χ1v) is 8.58. The highest BCUT2D eigenvalue weighted by Crippen LogP contribution is 2.26. The van der Waals surface area contributed by atoms with Gasteiger partial charge in [0.25, 0.3) is 0 Å². The van der Waals surface area contributed by atoms with Crippen LogP contribution in [-0.4, -0.2) is 21.9 Å². The highest BCUT2D eigenvalue weighted by molar-refractivity contribution is 6.33. The zero-order valence-corrected chi connectivity index (χ0v) is 15.6. The van der Waals surface area contributed by atoms with E-state index in [4.69, 9.17) is 16.7 Å². The highest BCUT2D eigenvalue weighted by Gasteiger charge is 2.13. The molecule has 0 fully saturated rings. The molecule has 0 unspecified atom stereocenters. The lowest BCUT2D eigenvalue weighted by Gasteiger charge is -2.13. The van der Waals surface area contributed by atoms with Crippen molar-refractivity contribution in [3.8, 4) is 5.69 Å². The van der Waals surface area contributed by atoms with Crippen LogP contribution in [0.5, 0.6) is 0 Å². The molecule has 0 radical (unpaired) electrons. The maximum absolute atomic E-state index is 11.2. The lowest BCUT2D eigenvalue weighted by Crippen LogP contribution is -2.04. The van der Waals surface area contributed by atoms with Crippen molar-refractivity contribution in [2.24, 2.45) is 4.99 Å². The predicted molar refractivity (Wildman–Crippen MR) is 106 cm³/mol. The average Bonchev–Trinajstić information content (AvgIpc) is 2.88. The molecule has 132 valence electrons. The summed E-state index contributed by atoms with van der Waals surface area (Å²) < 4.78 is 2.11. The molecule has 3 aromatic rings. The molecule has 0 aliphatic heterocycles. The minimum Gasteiger partial charge on any atom is -0.478 e. The predicted octanol–water partition coefficient (Wildman–Crippen LogP) is 5.50. The second-order valence-corrected chi connectivity index (χ2v) is 6.59. The fourth-order valence-electron chi connectivity index (χ4n) is 3.02. The fourth-order valence-corrected chi connectivity index (χ4v) is 3.21. The normalized spacial score (nSPS) is 11.2. The van der Waals surface area contributed by atoms with E-state index in [0.29, 0.717) is 5.02 Å². The molecule has 0 aliphatic rings. The van der Waals surface area contributed by atoms with Crippen LogP contribution in [0.4, 0.5) is 5.69 Å². The number of hydrogen-bond acceptors (Lipinski definition) is 2. The fraction of sp³-hybridized carbons (Fsp3) is 0.143. The molecule has 26 heavy (non-hydrogen) atoms. The first-order chi connectivity index (χ1) is 12.4. The average molecular weight is 367 g/mol. The van der Waals surface area contributed by atoms with E-state index < -0.39 is 5.97 Å². The van der Waals surface area contributed by atoms with Gasteiger partial charge in [0.1, 0.15) is 0 Å². The number of rotatable bonds is 4. The number of aryl methyl sites for hydroxylation is 2. The van der Waals surface area contributed by atoms with Gasteiger partial charge >= 0.3 is 5.97 Å². The number of aromatic nitrogens is 1. The summed E-state index contributed by atoms with van der Waals surface area (Å²) in [5.74, 6) is -0.923. The third-order valence-electron chi connectivity index (χ3n) is 4.35. The van der Waals surface area contributed by atoms with Crippen molar-refractivity contribution in [3.05, 3.63) is 81.6 Å². The van der Waals surface area contributed by atoms with Crippen LogP contribution >= 0.6 is 11.6 Å². The van der Waals surface area contributed by atoms with Crippen LogP contribution < -0.4 is 0 Å². The van der Waals surface area contributed by atoms with Crippen LogP contribution in [0.15, 0.2) is 53.5 Å². The van der Waals surface area contributed by atoms with Crippen molar-refractivity contribution in [2.75, 3.05) is 0 Å². The number of nitrogens with zero attached hydrogens (tertiary/aromatic N) is 2. The van der Waals surface area contributed by atoms with Crippen molar-refractivity contribution in [1.82, 2.24) is 4.57 Å². The molecular formula is C21H19ClN2O2. The smallest absolute Gasteiger partial charge is 0.335 e. The molecule has 1 aromatic heterocycles. The van der Waals surface area contributed by atoms with Gasteiger partial charge < -0.3 is 9.67 Å². The Kier molecular flexibility index (Phi) is 4.96. The number of carboxylic acid groups (broad SMARTS) is 1. The molecule has 4 nitrogen and oxygen atoms in total. The molecular weight excluding hydrogens is 348 g/mol. The minimum absolute atomic E-state index is 0.286. The van der Waals surface area contributed by atoms with Gasteiger partial charge in [0.15, 0.2) is 0 Å². The second kappa shape index (κ2) is 7.18. The molecule has 0 saturated heterocycles. The van der Waals surface area contributed by atoms with Gasteiger partial charge in [0.2, 0.25) is 0 Å². The van der Waals surface area contributed by atoms with Crippen LogP contribution in [-0.2, 0) is 0 Å². The molecule has 0 saturated carbocycles. The van der Waals surface area contributed by atoms with E-state index in [0.717, 1.165) is 33.9 Å². The number of aromatic carboxylic acids is 1. The third-order valence-corrected chi connectivity index (χ3v) is 4.67. The molecule has 2 aromatic carbocycles. The van der Waals surface area contributed by atoms with Crippen molar-refractivity contribution < 1.29 is 9.90 Å². The van der Waals surface area contributed by atoms with Gasteiger partial charge in [-0.25, -0.2) is 4.79 Å². The largest absolute Gasteiger partial charge is 0.478 e. The first kappa shape index (κ1) is 18.0. The Hall–Kier alpha value is -2.85. The Morgan fingerprint density at radius 3 is 2.50 bits per heavy atom. The number of para-hydroxylation sites is 1. The van der Waals surface area contributed by atoms with E-state index in [1.165, 1.54) is 0 Å². The number of carbonyl (C=O) groups is 1. The Labute approximate surface area is 157 Å². The first-order valence-electron chi connectivity index (χ1n) is 8.20. The Morgan fingerprint density at radius 1 is 1.12 bits per heavy atom. The summed E-state index contributed by atoms with van der Waals surface area (Å²) in [7, 11) is 0. The van der Waals surface area contributed by atoms with Gasteiger partial charge in [-0.1, -0.05) is 23.7 Å². The minimum atomic E-state index is -0.923. The van der Waals surface area contributed by atoms with Crippen LogP contribution in [0.25, 0.3) is 5.69 Å². The lowest BCUT2D eigenvalue weighted by molar-refractivity contribution is 0.0697. The van der Waals surface area contributed by atoms with Crippen LogP contribution in [0.2, 0.25) is 5.02 Å². The van der Waals surface area contributed by atoms with Gasteiger partial charge in [-0.3, -0.25) is 4.99 Å². The molecule has 0 atom stereocenters. The van der Waals surface area contributed by atoms with Crippen LogP contribution in [0.1, 0.15) is 32.9 Å². The molecule has 0 aliphatic carbocycles. The van der Waals surface area contributed by atoms with Gasteiger partial charge in [-0.2, -0.15) is 0 Å². The summed E-state index contributed by atoms with van der Waals surface area (Å²) in [6.07, 6.45) is 1.81. The Bertz CT molecular complexity index is 1020. The maximum atomic E-state index is 11.2. The molecule has 5 heteroatoms. The number of carboxylic acids is 1. The summed E-state index contributed by atoms with van der Waals surface area (Å²) in [6, 6.07) is 14.7. The molecule has 1 heterocycles. The third kappa shape index (κ3) is 3.41. The monoisotopic (exact) mass is 366 g/mol. The number of hydrogen-bond donors (Lipinski definition) is 1. The van der Waals surface area contributed by atoms with Gasteiger partial charge in [0.05, 0.1) is 16.3 Å². The van der Waals surface area contributed by atoms with E-state index in [-0.39, 0.29) is 5.56 Å². The van der Waals surface area contributed by atoms with Crippen LogP contribution in [0.3, 0.4) is 0 Å². The number of aliphatic imine (C=N–C) groups is 1. The van der Waals surface area contributed by atoms with E-state index in [9.17, 15) is 4.79 Å². The highest BCUT2D eigenvalue weighted by atomic mass is 35.5. The summed E-state index contributed by atoms with van der Waals surface area (Å²) >= 11 is 6.16. The Balaban J connectivity index is 2.01. The second-order valence-electron chi connectivity index (χ2n) is 6.18. The van der Waals surface area contributed by atoms with Crippen molar-refractivity contribution in [2.45, 2.75) is 20.8 Å². The van der Waals surface area contributed by atoms with Crippen molar-refractivity contribution >= 4 is 29.5 Å². The summed E-state index contributed by atoms with van der Waals surface area (Å²) in [5, 5.41) is 9.76. The number of halogens is 1. The van der Waals surface area contributed by atoms with E-state index in [2.05, 4.69) is 15.6 Å². The Morgan fingerprint density at radius 2 is 1.85 bits per heavy atom. The van der Waals surface area contributed by atoms with E-state index >= 15 is 0 Å². The molecule has 0 amide bonds. The lowest BCUT2D eigenvalue weighted by atomic mass is 10.1. The van der Waals surface area contributed by atoms with Crippen molar-refractivity contribution in [3.63, 3.8) is 0 Å². The van der Waals surface area contributed by atoms with E-state index in [1.54, 1.807) is 18.3 Å². The topological polar surface area (TPSA) is 54.6 Å². The summed E-state index contributed by atoms with van der Waals surface area (Å²) in [4.78, 5) is 15.6. The van der Waals surface area contributed by atoms with Crippen molar-refractivity contribution in [1.29, 1.82) is 0 Å². The number of benzene rings is 2. The molecule has 0 bridgehead atoms. The summed E-state index contributed by atoms with van der Waals surface area (Å²) in [6.45, 7) is 5.95. The molecule has 0 spiro atoms. The van der Waals surface area contributed by atoms with Gasteiger partial charge in [0, 0.05) is 28.9 Å².